The summed E-state index contributed by atoms with van der Waals surface area (Å²) in [7, 11) is -1.57. The molecule has 0 spiro atoms. The smallest absolute Gasteiger partial charge is 0.217 e. The molecule has 0 N–H and O–H groups in total. The van der Waals surface area contributed by atoms with Gasteiger partial charge in [0.1, 0.15) is 6.33 Å². The topological polar surface area (TPSA) is 66.4 Å². The summed E-state index contributed by atoms with van der Waals surface area (Å²) in [5, 5.41) is -0.217. The van der Waals surface area contributed by atoms with Crippen LogP contribution in [0.2, 0.25) is 0 Å². The number of rotatable bonds is 5. The summed E-state index contributed by atoms with van der Waals surface area (Å²) in [4.78, 5) is 9.89. The summed E-state index contributed by atoms with van der Waals surface area (Å²) in [6.07, 6.45) is 5.01. The lowest BCUT2D eigenvalue weighted by Gasteiger charge is -2.37. The molecule has 6 nitrogen and oxygen atoms in total. The third-order valence-electron chi connectivity index (χ3n) is 4.74. The number of hydrogen-bond acceptors (Lipinski definition) is 5. The highest BCUT2D eigenvalue weighted by Crippen LogP contribution is 2.33. The zero-order chi connectivity index (χ0) is 16.6. The Morgan fingerprint density at radius 1 is 1.35 bits per heavy atom. The Kier molecular flexibility index (Phi) is 4.55. The van der Waals surface area contributed by atoms with E-state index in [1.54, 1.807) is 7.05 Å². The van der Waals surface area contributed by atoms with Gasteiger partial charge < -0.3 is 4.90 Å². The molecule has 0 aromatic carbocycles. The van der Waals surface area contributed by atoms with E-state index in [1.165, 1.54) is 10.6 Å². The second-order valence-electron chi connectivity index (χ2n) is 6.31. The van der Waals surface area contributed by atoms with Gasteiger partial charge >= 0.3 is 0 Å². The van der Waals surface area contributed by atoms with E-state index in [0.717, 1.165) is 25.7 Å². The summed E-state index contributed by atoms with van der Waals surface area (Å²) in [6.45, 7) is 3.01. The van der Waals surface area contributed by atoms with E-state index < -0.39 is 10.0 Å². The molecule has 23 heavy (non-hydrogen) atoms. The average Bonchev–Trinajstić information content (AvgIpc) is 3.40. The van der Waals surface area contributed by atoms with Crippen molar-refractivity contribution in [2.45, 2.75) is 50.3 Å². The minimum Gasteiger partial charge on any atom is -0.352 e. The van der Waals surface area contributed by atoms with Crippen molar-refractivity contribution < 1.29 is 12.8 Å². The molecule has 1 atom stereocenters. The quantitative estimate of drug-likeness (QED) is 0.813. The standard InChI is InChI=1S/C15H23FN4O2S/c1-3-13-14(16)15(18-10-17-13)20-8-4-5-11(9-20)19(2)23(21,22)12-6-7-12/h10-12H,3-9H2,1-2H3. The number of halogens is 1. The fourth-order valence-electron chi connectivity index (χ4n) is 3.12. The monoisotopic (exact) mass is 342 g/mol. The van der Waals surface area contributed by atoms with Crippen molar-refractivity contribution >= 4 is 15.8 Å². The van der Waals surface area contributed by atoms with Gasteiger partial charge in [-0.15, -0.1) is 0 Å². The van der Waals surface area contributed by atoms with Crippen molar-refractivity contribution in [3.05, 3.63) is 17.8 Å². The van der Waals surface area contributed by atoms with Crippen LogP contribution in [0.3, 0.4) is 0 Å². The van der Waals surface area contributed by atoms with Gasteiger partial charge in [-0.2, -0.15) is 4.31 Å². The van der Waals surface area contributed by atoms with E-state index in [1.807, 2.05) is 11.8 Å². The van der Waals surface area contributed by atoms with E-state index in [0.29, 0.717) is 31.0 Å². The fraction of sp³-hybridized carbons (Fsp3) is 0.733. The number of hydrogen-bond donors (Lipinski definition) is 0. The Hall–Kier alpha value is -1.28. The summed E-state index contributed by atoms with van der Waals surface area (Å²) in [6, 6.07) is -0.131. The van der Waals surface area contributed by atoms with Crippen molar-refractivity contribution in [2.75, 3.05) is 25.0 Å². The first kappa shape index (κ1) is 16.6. The van der Waals surface area contributed by atoms with E-state index in [2.05, 4.69) is 9.97 Å². The Bertz CT molecular complexity index is 678. The second kappa shape index (κ2) is 6.32. The molecule has 1 saturated heterocycles. The van der Waals surface area contributed by atoms with Gasteiger partial charge in [0.25, 0.3) is 0 Å². The van der Waals surface area contributed by atoms with Crippen molar-refractivity contribution in [2.24, 2.45) is 0 Å². The third kappa shape index (κ3) is 3.19. The zero-order valence-electron chi connectivity index (χ0n) is 13.6. The zero-order valence-corrected chi connectivity index (χ0v) is 14.4. The molecule has 0 radical (unpaired) electrons. The van der Waals surface area contributed by atoms with Gasteiger partial charge in [-0.05, 0) is 32.1 Å². The number of likely N-dealkylation sites (N-methyl/N-ethyl adjacent to an activating group) is 1. The molecule has 1 aliphatic heterocycles. The Morgan fingerprint density at radius 3 is 2.74 bits per heavy atom. The largest absolute Gasteiger partial charge is 0.352 e. The molecule has 2 heterocycles. The van der Waals surface area contributed by atoms with Crippen LogP contribution in [0.1, 0.15) is 38.3 Å². The van der Waals surface area contributed by atoms with Crippen molar-refractivity contribution in [3.63, 3.8) is 0 Å². The summed E-state index contributed by atoms with van der Waals surface area (Å²) >= 11 is 0. The summed E-state index contributed by atoms with van der Waals surface area (Å²) in [5.74, 6) is -0.0953. The molecule has 2 aliphatic rings. The minimum absolute atomic E-state index is 0.131. The lowest BCUT2D eigenvalue weighted by molar-refractivity contribution is 0.317. The average molecular weight is 342 g/mol. The number of aryl methyl sites for hydroxylation is 1. The van der Waals surface area contributed by atoms with Gasteiger partial charge in [-0.25, -0.2) is 22.8 Å². The van der Waals surface area contributed by atoms with E-state index >= 15 is 0 Å². The molecule has 1 aromatic heterocycles. The van der Waals surface area contributed by atoms with Crippen LogP contribution in [0.5, 0.6) is 0 Å². The van der Waals surface area contributed by atoms with Gasteiger partial charge in [0.05, 0.1) is 10.9 Å². The maximum atomic E-state index is 14.5. The van der Waals surface area contributed by atoms with Crippen LogP contribution < -0.4 is 4.90 Å². The van der Waals surface area contributed by atoms with E-state index in [-0.39, 0.29) is 17.1 Å². The third-order valence-corrected chi connectivity index (χ3v) is 7.15. The molecule has 128 valence electrons. The highest BCUT2D eigenvalue weighted by atomic mass is 32.2. The Morgan fingerprint density at radius 2 is 2.09 bits per heavy atom. The highest BCUT2D eigenvalue weighted by Gasteiger charge is 2.42. The number of anilines is 1. The van der Waals surface area contributed by atoms with E-state index in [9.17, 15) is 12.8 Å². The molecule has 1 aliphatic carbocycles. The van der Waals surface area contributed by atoms with Crippen LogP contribution >= 0.6 is 0 Å². The van der Waals surface area contributed by atoms with Crippen molar-refractivity contribution in [1.82, 2.24) is 14.3 Å². The molecule has 3 rings (SSSR count). The molecule has 0 amide bonds. The Labute approximate surface area is 136 Å². The maximum absolute atomic E-state index is 14.5. The summed E-state index contributed by atoms with van der Waals surface area (Å²) in [5.41, 5.74) is 0.399. The Balaban J connectivity index is 1.78. The first-order valence-electron chi connectivity index (χ1n) is 8.16. The van der Waals surface area contributed by atoms with Gasteiger partial charge in [0.15, 0.2) is 11.6 Å². The van der Waals surface area contributed by atoms with Crippen LogP contribution in [-0.2, 0) is 16.4 Å². The van der Waals surface area contributed by atoms with Gasteiger partial charge in [0.2, 0.25) is 10.0 Å². The van der Waals surface area contributed by atoms with Crippen LogP contribution in [0.15, 0.2) is 6.33 Å². The van der Waals surface area contributed by atoms with Crippen LogP contribution in [0, 0.1) is 5.82 Å². The van der Waals surface area contributed by atoms with E-state index in [4.69, 9.17) is 0 Å². The van der Waals surface area contributed by atoms with Gasteiger partial charge in [-0.1, -0.05) is 6.92 Å². The first-order chi connectivity index (χ1) is 10.9. The number of aromatic nitrogens is 2. The summed E-state index contributed by atoms with van der Waals surface area (Å²) < 4.78 is 40.8. The number of nitrogens with zero attached hydrogens (tertiary/aromatic N) is 4. The van der Waals surface area contributed by atoms with Crippen LogP contribution in [0.25, 0.3) is 0 Å². The SMILES string of the molecule is CCc1ncnc(N2CCCC(N(C)S(=O)(=O)C3CC3)C2)c1F. The first-order valence-corrected chi connectivity index (χ1v) is 9.66. The second-order valence-corrected chi connectivity index (χ2v) is 8.59. The number of piperidine rings is 1. The molecule has 0 bridgehead atoms. The molecule has 8 heteroatoms. The number of sulfonamides is 1. The van der Waals surface area contributed by atoms with Crippen LogP contribution in [-0.4, -0.2) is 54.1 Å². The molecule has 1 saturated carbocycles. The predicted molar refractivity (Wildman–Crippen MR) is 86.3 cm³/mol. The van der Waals surface area contributed by atoms with Gasteiger partial charge in [0, 0.05) is 26.2 Å². The molecule has 1 unspecified atom stereocenters. The predicted octanol–water partition coefficient (Wildman–Crippen LogP) is 1.57. The van der Waals surface area contributed by atoms with Crippen molar-refractivity contribution in [3.8, 4) is 0 Å². The lowest BCUT2D eigenvalue weighted by atomic mass is 10.1. The molecular formula is C15H23FN4O2S. The lowest BCUT2D eigenvalue weighted by Crippen LogP contribution is -2.49. The molecule has 2 fully saturated rings. The molecule has 1 aromatic rings. The molecular weight excluding hydrogens is 319 g/mol. The normalized spacial score (nSPS) is 22.6. The minimum atomic E-state index is -3.21. The maximum Gasteiger partial charge on any atom is 0.217 e. The van der Waals surface area contributed by atoms with Crippen LogP contribution in [0.4, 0.5) is 10.2 Å². The van der Waals surface area contributed by atoms with Gasteiger partial charge in [-0.3, -0.25) is 0 Å². The highest BCUT2D eigenvalue weighted by molar-refractivity contribution is 7.90. The van der Waals surface area contributed by atoms with Crippen molar-refractivity contribution in [1.29, 1.82) is 0 Å². The fourth-order valence-corrected chi connectivity index (χ4v) is 4.91.